The summed E-state index contributed by atoms with van der Waals surface area (Å²) in [6, 6.07) is 0.870. The van der Waals surface area contributed by atoms with E-state index in [1.165, 1.54) is 4.90 Å². The maximum atomic E-state index is 13.3. The van der Waals surface area contributed by atoms with E-state index >= 15 is 0 Å². The van der Waals surface area contributed by atoms with E-state index in [1.54, 1.807) is 0 Å². The first-order valence-electron chi connectivity index (χ1n) is 7.31. The summed E-state index contributed by atoms with van der Waals surface area (Å²) in [5.74, 6) is -2.84. The van der Waals surface area contributed by atoms with Gasteiger partial charge in [-0.2, -0.15) is 18.2 Å². The Balaban J connectivity index is 2.15. The van der Waals surface area contributed by atoms with Gasteiger partial charge in [0.1, 0.15) is 4.70 Å². The number of nitro benzene ring substituents is 1. The van der Waals surface area contributed by atoms with Crippen molar-refractivity contribution in [1.29, 1.82) is 0 Å². The zero-order chi connectivity index (χ0) is 19.3. The SMILES string of the molecule is O=c1nc(N2CCC(F)(F)CC2)sc2c([N+](=O)[O-])cc(C(F)(F)F)cc12. The number of benzene rings is 1. The molecular formula is C14H10F5N3O3S. The van der Waals surface area contributed by atoms with Crippen LogP contribution in [0.4, 0.5) is 32.8 Å². The highest BCUT2D eigenvalue weighted by Gasteiger charge is 2.36. The van der Waals surface area contributed by atoms with Crippen LogP contribution in [-0.2, 0) is 6.18 Å². The van der Waals surface area contributed by atoms with Gasteiger partial charge in [-0.05, 0) is 6.07 Å². The summed E-state index contributed by atoms with van der Waals surface area (Å²) in [4.78, 5) is 27.4. The average Bonchev–Trinajstić information content (AvgIpc) is 2.52. The van der Waals surface area contributed by atoms with Gasteiger partial charge in [0.05, 0.1) is 15.9 Å². The van der Waals surface area contributed by atoms with Gasteiger partial charge in [-0.15, -0.1) is 0 Å². The lowest BCUT2D eigenvalue weighted by molar-refractivity contribution is -0.383. The molecule has 2 aromatic rings. The summed E-state index contributed by atoms with van der Waals surface area (Å²) >= 11 is 0.643. The van der Waals surface area contributed by atoms with Crippen LogP contribution >= 0.6 is 11.3 Å². The van der Waals surface area contributed by atoms with Crippen molar-refractivity contribution in [3.05, 3.63) is 38.2 Å². The molecule has 1 fully saturated rings. The summed E-state index contributed by atoms with van der Waals surface area (Å²) in [6.07, 6.45) is -5.81. The normalized spacial score (nSPS) is 17.5. The van der Waals surface area contributed by atoms with Gasteiger partial charge in [0.25, 0.3) is 17.2 Å². The van der Waals surface area contributed by atoms with Crippen molar-refractivity contribution < 1.29 is 26.9 Å². The zero-order valence-electron chi connectivity index (χ0n) is 12.8. The monoisotopic (exact) mass is 395 g/mol. The van der Waals surface area contributed by atoms with Gasteiger partial charge in [0, 0.05) is 32.0 Å². The van der Waals surface area contributed by atoms with Crippen LogP contribution in [0.1, 0.15) is 18.4 Å². The van der Waals surface area contributed by atoms with Crippen molar-refractivity contribution in [2.24, 2.45) is 0 Å². The highest BCUT2D eigenvalue weighted by molar-refractivity contribution is 7.22. The maximum absolute atomic E-state index is 13.3. The van der Waals surface area contributed by atoms with E-state index in [1.807, 2.05) is 0 Å². The molecule has 0 bridgehead atoms. The van der Waals surface area contributed by atoms with E-state index in [0.29, 0.717) is 23.5 Å². The number of rotatable bonds is 2. The Bertz CT molecular complexity index is 934. The Hall–Kier alpha value is -2.37. The Morgan fingerprint density at radius 3 is 2.38 bits per heavy atom. The van der Waals surface area contributed by atoms with Crippen LogP contribution in [0, 0.1) is 10.1 Å². The van der Waals surface area contributed by atoms with Crippen LogP contribution < -0.4 is 10.5 Å². The smallest absolute Gasteiger partial charge is 0.348 e. The van der Waals surface area contributed by atoms with Gasteiger partial charge in [-0.3, -0.25) is 14.9 Å². The number of nitrogens with zero attached hydrogens (tertiary/aromatic N) is 3. The van der Waals surface area contributed by atoms with E-state index in [2.05, 4.69) is 4.98 Å². The highest BCUT2D eigenvalue weighted by atomic mass is 32.1. The molecule has 1 aromatic carbocycles. The quantitative estimate of drug-likeness (QED) is 0.439. The largest absolute Gasteiger partial charge is 0.416 e. The molecule has 0 radical (unpaired) electrons. The number of halogens is 5. The Morgan fingerprint density at radius 1 is 1.23 bits per heavy atom. The third kappa shape index (κ3) is 3.45. The molecule has 12 heteroatoms. The van der Waals surface area contributed by atoms with E-state index in [4.69, 9.17) is 0 Å². The lowest BCUT2D eigenvalue weighted by Crippen LogP contribution is -2.40. The second-order valence-electron chi connectivity index (χ2n) is 5.77. The van der Waals surface area contributed by atoms with E-state index < -0.39 is 52.1 Å². The number of hydrogen-bond donors (Lipinski definition) is 0. The molecule has 6 nitrogen and oxygen atoms in total. The van der Waals surface area contributed by atoms with Gasteiger partial charge < -0.3 is 4.90 Å². The molecule has 1 saturated heterocycles. The number of alkyl halides is 5. The second kappa shape index (κ2) is 6.11. The number of fused-ring (bicyclic) bond motifs is 1. The molecule has 1 aliphatic heterocycles. The molecule has 1 aromatic heterocycles. The summed E-state index contributed by atoms with van der Waals surface area (Å²) in [5, 5.41) is 10.6. The second-order valence-corrected chi connectivity index (χ2v) is 6.75. The minimum Gasteiger partial charge on any atom is -0.348 e. The fourth-order valence-corrected chi connectivity index (χ4v) is 3.72. The molecule has 0 N–H and O–H groups in total. The van der Waals surface area contributed by atoms with E-state index in [9.17, 15) is 36.9 Å². The minimum atomic E-state index is -4.87. The predicted molar refractivity (Wildman–Crippen MR) is 83.9 cm³/mol. The lowest BCUT2D eigenvalue weighted by Gasteiger charge is -2.31. The van der Waals surface area contributed by atoms with Crippen LogP contribution in [0.3, 0.4) is 0 Å². The summed E-state index contributed by atoms with van der Waals surface area (Å²) in [6.45, 7) is -0.230. The number of hydrogen-bond acceptors (Lipinski definition) is 6. The third-order valence-electron chi connectivity index (χ3n) is 3.98. The van der Waals surface area contributed by atoms with Crippen LogP contribution in [0.2, 0.25) is 0 Å². The molecule has 1 aliphatic rings. The first kappa shape index (κ1) is 18.4. The molecule has 0 amide bonds. The van der Waals surface area contributed by atoms with Crippen molar-refractivity contribution in [1.82, 2.24) is 4.98 Å². The molecule has 0 aliphatic carbocycles. The molecule has 3 rings (SSSR count). The third-order valence-corrected chi connectivity index (χ3v) is 5.15. The van der Waals surface area contributed by atoms with Gasteiger partial charge in [-0.1, -0.05) is 11.3 Å². The van der Waals surface area contributed by atoms with Crippen LogP contribution in [0.5, 0.6) is 0 Å². The van der Waals surface area contributed by atoms with Crippen molar-refractivity contribution in [2.45, 2.75) is 24.9 Å². The summed E-state index contributed by atoms with van der Waals surface area (Å²) in [5.41, 5.74) is -3.27. The summed E-state index contributed by atoms with van der Waals surface area (Å²) in [7, 11) is 0. The van der Waals surface area contributed by atoms with E-state index in [-0.39, 0.29) is 22.9 Å². The zero-order valence-corrected chi connectivity index (χ0v) is 13.7. The first-order valence-corrected chi connectivity index (χ1v) is 8.13. The van der Waals surface area contributed by atoms with Gasteiger partial charge >= 0.3 is 6.18 Å². The fourth-order valence-electron chi connectivity index (χ4n) is 2.60. The lowest BCUT2D eigenvalue weighted by atomic mass is 10.1. The van der Waals surface area contributed by atoms with Crippen molar-refractivity contribution in [3.63, 3.8) is 0 Å². The number of nitro groups is 1. The van der Waals surface area contributed by atoms with Gasteiger partial charge in [0.2, 0.25) is 0 Å². The molecule has 140 valence electrons. The summed E-state index contributed by atoms with van der Waals surface area (Å²) < 4.78 is 65.0. The molecule has 0 unspecified atom stereocenters. The van der Waals surface area contributed by atoms with Gasteiger partial charge in [0.15, 0.2) is 5.13 Å². The van der Waals surface area contributed by atoms with E-state index in [0.717, 1.165) is 0 Å². The standard InChI is InChI=1S/C14H10F5N3O3S/c15-13(16)1-3-21(4-2-13)12-20-11(23)8-5-7(14(17,18)19)6-9(22(24)25)10(8)26-12/h5-6H,1-4H2. The molecule has 26 heavy (non-hydrogen) atoms. The molecule has 2 heterocycles. The van der Waals surface area contributed by atoms with Crippen molar-refractivity contribution in [2.75, 3.05) is 18.0 Å². The Labute approximate surface area is 146 Å². The van der Waals surface area contributed by atoms with Crippen molar-refractivity contribution in [3.8, 4) is 0 Å². The molecule has 0 spiro atoms. The van der Waals surface area contributed by atoms with Crippen LogP contribution in [-0.4, -0.2) is 28.9 Å². The predicted octanol–water partition coefficient (Wildman–Crippen LogP) is 3.82. The van der Waals surface area contributed by atoms with Crippen LogP contribution in [0.15, 0.2) is 16.9 Å². The Kier molecular flexibility index (Phi) is 4.33. The number of non-ortho nitro benzene ring substituents is 1. The van der Waals surface area contributed by atoms with Crippen LogP contribution in [0.25, 0.3) is 10.1 Å². The number of piperidine rings is 1. The molecular weight excluding hydrogens is 385 g/mol. The average molecular weight is 395 g/mol. The topological polar surface area (TPSA) is 76.3 Å². The minimum absolute atomic E-state index is 0.0270. The van der Waals surface area contributed by atoms with Gasteiger partial charge in [-0.25, -0.2) is 8.78 Å². The van der Waals surface area contributed by atoms with Crippen molar-refractivity contribution >= 4 is 32.2 Å². The Morgan fingerprint density at radius 2 is 1.85 bits per heavy atom. The maximum Gasteiger partial charge on any atom is 0.416 e. The highest BCUT2D eigenvalue weighted by Crippen LogP contribution is 2.39. The fraction of sp³-hybridized carbons (Fsp3) is 0.429. The molecule has 0 saturated carbocycles. The number of aromatic nitrogens is 1. The number of anilines is 1. The first-order chi connectivity index (χ1) is 12.0. The molecule has 0 atom stereocenters.